The summed E-state index contributed by atoms with van der Waals surface area (Å²) in [6.07, 6.45) is 1.59. The highest BCUT2D eigenvalue weighted by Crippen LogP contribution is 2.17. The van der Waals surface area contributed by atoms with Crippen LogP contribution in [-0.2, 0) is 4.74 Å². The van der Waals surface area contributed by atoms with Gasteiger partial charge in [-0.25, -0.2) is 9.59 Å². The Bertz CT molecular complexity index is 510. The van der Waals surface area contributed by atoms with Crippen molar-refractivity contribution in [2.24, 2.45) is 0 Å². The number of carbonyl (C=O) groups is 2. The van der Waals surface area contributed by atoms with Gasteiger partial charge in [0.2, 0.25) is 0 Å². The van der Waals surface area contributed by atoms with Gasteiger partial charge in [0, 0.05) is 24.9 Å². The number of carbonyl (C=O) groups excluding carboxylic acids is 1. The predicted octanol–water partition coefficient (Wildman–Crippen LogP) is 1.99. The quantitative estimate of drug-likeness (QED) is 0.789. The molecule has 2 amide bonds. The number of rotatable bonds is 3. The zero-order valence-electron chi connectivity index (χ0n) is 11.3. The minimum absolute atomic E-state index is 0.103. The lowest BCUT2D eigenvalue weighted by Gasteiger charge is -2.23. The molecule has 0 spiro atoms. The van der Waals surface area contributed by atoms with Gasteiger partial charge in [-0.05, 0) is 37.5 Å². The Hall–Kier alpha value is -2.08. The van der Waals surface area contributed by atoms with Crippen molar-refractivity contribution >= 4 is 17.7 Å². The number of aryl methyl sites for hydroxylation is 1. The molecule has 1 saturated heterocycles. The molecule has 0 bridgehead atoms. The summed E-state index contributed by atoms with van der Waals surface area (Å²) in [5, 5.41) is 14.5. The van der Waals surface area contributed by atoms with Gasteiger partial charge in [0.25, 0.3) is 0 Å². The minimum Gasteiger partial charge on any atom is -0.478 e. The summed E-state index contributed by atoms with van der Waals surface area (Å²) in [7, 11) is 0. The van der Waals surface area contributed by atoms with E-state index in [9.17, 15) is 9.59 Å². The Morgan fingerprint density at radius 2 is 2.00 bits per heavy atom. The third-order valence-electron chi connectivity index (χ3n) is 3.29. The van der Waals surface area contributed by atoms with Crippen LogP contribution in [0.25, 0.3) is 0 Å². The van der Waals surface area contributed by atoms with Crippen LogP contribution in [0.4, 0.5) is 10.5 Å². The average molecular weight is 278 g/mol. The summed E-state index contributed by atoms with van der Waals surface area (Å²) in [5.74, 6) is -1.02. The van der Waals surface area contributed by atoms with E-state index < -0.39 is 5.97 Å². The van der Waals surface area contributed by atoms with Crippen molar-refractivity contribution < 1.29 is 19.4 Å². The molecule has 1 aromatic carbocycles. The van der Waals surface area contributed by atoms with Crippen LogP contribution in [0.15, 0.2) is 18.2 Å². The van der Waals surface area contributed by atoms with Gasteiger partial charge in [-0.2, -0.15) is 0 Å². The van der Waals surface area contributed by atoms with Crippen molar-refractivity contribution in [1.29, 1.82) is 0 Å². The number of nitrogens with one attached hydrogen (secondary N) is 2. The summed E-state index contributed by atoms with van der Waals surface area (Å²) < 4.78 is 5.22. The summed E-state index contributed by atoms with van der Waals surface area (Å²) in [6, 6.07) is 4.43. The summed E-state index contributed by atoms with van der Waals surface area (Å²) >= 11 is 0. The third-order valence-corrected chi connectivity index (χ3v) is 3.29. The number of hydrogen-bond donors (Lipinski definition) is 3. The second kappa shape index (κ2) is 6.38. The average Bonchev–Trinajstić information content (AvgIpc) is 2.42. The molecule has 108 valence electrons. The first-order chi connectivity index (χ1) is 9.56. The highest BCUT2D eigenvalue weighted by atomic mass is 16.5. The van der Waals surface area contributed by atoms with E-state index in [2.05, 4.69) is 10.6 Å². The molecule has 0 aromatic heterocycles. The van der Waals surface area contributed by atoms with E-state index in [4.69, 9.17) is 9.84 Å². The van der Waals surface area contributed by atoms with Crippen molar-refractivity contribution in [3.8, 4) is 0 Å². The number of urea groups is 1. The topological polar surface area (TPSA) is 87.7 Å². The van der Waals surface area contributed by atoms with Crippen molar-refractivity contribution in [2.45, 2.75) is 25.8 Å². The zero-order valence-corrected chi connectivity index (χ0v) is 11.3. The number of ether oxygens (including phenoxy) is 1. The second-order valence-electron chi connectivity index (χ2n) is 4.82. The standard InChI is InChI=1S/C14H18N2O4/c1-9-2-3-10(13(17)18)8-12(9)16-14(19)15-11-4-6-20-7-5-11/h2-3,8,11H,4-7H2,1H3,(H,17,18)(H2,15,16,19). The first-order valence-corrected chi connectivity index (χ1v) is 6.55. The molecule has 2 rings (SSSR count). The van der Waals surface area contributed by atoms with Crippen molar-refractivity contribution in [3.05, 3.63) is 29.3 Å². The highest BCUT2D eigenvalue weighted by molar-refractivity contribution is 5.94. The first-order valence-electron chi connectivity index (χ1n) is 6.55. The van der Waals surface area contributed by atoms with E-state index >= 15 is 0 Å². The van der Waals surface area contributed by atoms with Gasteiger partial charge in [0.15, 0.2) is 0 Å². The molecule has 3 N–H and O–H groups in total. The molecule has 6 nitrogen and oxygen atoms in total. The third kappa shape index (κ3) is 3.71. The lowest BCUT2D eigenvalue weighted by molar-refractivity contribution is 0.0696. The van der Waals surface area contributed by atoms with Crippen LogP contribution in [0.3, 0.4) is 0 Å². The molecule has 0 radical (unpaired) electrons. The van der Waals surface area contributed by atoms with Crippen LogP contribution in [0.2, 0.25) is 0 Å². The molecule has 1 aliphatic rings. The van der Waals surface area contributed by atoms with Gasteiger partial charge in [0.1, 0.15) is 0 Å². The van der Waals surface area contributed by atoms with Crippen LogP contribution in [0, 0.1) is 6.92 Å². The van der Waals surface area contributed by atoms with Crippen molar-refractivity contribution in [3.63, 3.8) is 0 Å². The van der Waals surface area contributed by atoms with Gasteiger partial charge in [-0.15, -0.1) is 0 Å². The Kier molecular flexibility index (Phi) is 4.57. The van der Waals surface area contributed by atoms with E-state index in [0.29, 0.717) is 18.9 Å². The van der Waals surface area contributed by atoms with Gasteiger partial charge in [-0.3, -0.25) is 0 Å². The fourth-order valence-corrected chi connectivity index (χ4v) is 2.08. The smallest absolute Gasteiger partial charge is 0.335 e. The van der Waals surface area contributed by atoms with Gasteiger partial charge in [-0.1, -0.05) is 6.07 Å². The first kappa shape index (κ1) is 14.3. The van der Waals surface area contributed by atoms with Gasteiger partial charge >= 0.3 is 12.0 Å². The maximum atomic E-state index is 11.9. The molecule has 1 aromatic rings. The molecule has 0 atom stereocenters. The highest BCUT2D eigenvalue weighted by Gasteiger charge is 2.16. The van der Waals surface area contributed by atoms with E-state index in [1.807, 2.05) is 6.92 Å². The number of amides is 2. The number of carboxylic acids is 1. The minimum atomic E-state index is -1.02. The van der Waals surface area contributed by atoms with E-state index in [1.165, 1.54) is 12.1 Å². The Balaban J connectivity index is 1.99. The molecule has 0 saturated carbocycles. The molecule has 6 heteroatoms. The van der Waals surface area contributed by atoms with Crippen molar-refractivity contribution in [1.82, 2.24) is 5.32 Å². The fourth-order valence-electron chi connectivity index (χ4n) is 2.08. The Morgan fingerprint density at radius 3 is 2.65 bits per heavy atom. The van der Waals surface area contributed by atoms with Crippen LogP contribution >= 0.6 is 0 Å². The monoisotopic (exact) mass is 278 g/mol. The SMILES string of the molecule is Cc1ccc(C(=O)O)cc1NC(=O)NC1CCOCC1. The fraction of sp³-hybridized carbons (Fsp3) is 0.429. The lowest BCUT2D eigenvalue weighted by atomic mass is 10.1. The number of aromatic carboxylic acids is 1. The lowest BCUT2D eigenvalue weighted by Crippen LogP contribution is -2.41. The Morgan fingerprint density at radius 1 is 1.30 bits per heavy atom. The van der Waals surface area contributed by atoms with Gasteiger partial charge in [0.05, 0.1) is 5.56 Å². The molecule has 20 heavy (non-hydrogen) atoms. The molecule has 0 aliphatic carbocycles. The molecular formula is C14H18N2O4. The molecular weight excluding hydrogens is 260 g/mol. The van der Waals surface area contributed by atoms with Crippen LogP contribution in [0.1, 0.15) is 28.8 Å². The number of benzene rings is 1. The number of carboxylic acid groups (broad SMARTS) is 1. The summed E-state index contributed by atoms with van der Waals surface area (Å²) in [6.45, 7) is 3.12. The molecule has 0 unspecified atom stereocenters. The molecule has 1 aliphatic heterocycles. The van der Waals surface area contributed by atoms with Gasteiger partial charge < -0.3 is 20.5 Å². The van der Waals surface area contributed by atoms with Crippen LogP contribution in [-0.4, -0.2) is 36.4 Å². The number of anilines is 1. The zero-order chi connectivity index (χ0) is 14.5. The largest absolute Gasteiger partial charge is 0.478 e. The van der Waals surface area contributed by atoms with Crippen molar-refractivity contribution in [2.75, 3.05) is 18.5 Å². The van der Waals surface area contributed by atoms with Crippen LogP contribution < -0.4 is 10.6 Å². The second-order valence-corrected chi connectivity index (χ2v) is 4.82. The van der Waals surface area contributed by atoms with E-state index in [1.54, 1.807) is 6.07 Å². The van der Waals surface area contributed by atoms with Crippen LogP contribution in [0.5, 0.6) is 0 Å². The maximum absolute atomic E-state index is 11.9. The molecule has 1 fully saturated rings. The normalized spacial score (nSPS) is 15.7. The summed E-state index contributed by atoms with van der Waals surface area (Å²) in [4.78, 5) is 22.8. The van der Waals surface area contributed by atoms with E-state index in [0.717, 1.165) is 18.4 Å². The maximum Gasteiger partial charge on any atom is 0.335 e. The summed E-state index contributed by atoms with van der Waals surface area (Å²) in [5.41, 5.74) is 1.48. The molecule has 1 heterocycles. The Labute approximate surface area is 117 Å². The number of hydrogen-bond acceptors (Lipinski definition) is 3. The van der Waals surface area contributed by atoms with E-state index in [-0.39, 0.29) is 17.6 Å². The predicted molar refractivity (Wildman–Crippen MR) is 74.1 cm³/mol.